The quantitative estimate of drug-likeness (QED) is 0.698. The second kappa shape index (κ2) is 4.24. The molecule has 0 unspecified atom stereocenters. The molecule has 0 saturated heterocycles. The molecule has 1 aromatic rings. The van der Waals surface area contributed by atoms with Crippen LogP contribution in [0.2, 0.25) is 0 Å². The fourth-order valence-corrected chi connectivity index (χ4v) is 1.73. The highest BCUT2D eigenvalue weighted by Gasteiger charge is 2.01. The SMILES string of the molecule is O=C(O)CCSc1nnns1. The van der Waals surface area contributed by atoms with Gasteiger partial charge in [-0.2, -0.15) is 0 Å². The molecule has 0 fully saturated rings. The lowest BCUT2D eigenvalue weighted by Crippen LogP contribution is -1.95. The summed E-state index contributed by atoms with van der Waals surface area (Å²) in [5.74, 6) is -0.276. The zero-order valence-electron chi connectivity index (χ0n) is 5.43. The minimum atomic E-state index is -0.796. The maximum atomic E-state index is 10.1. The number of hydrogen-bond acceptors (Lipinski definition) is 6. The Balaban J connectivity index is 2.19. The fraction of sp³-hybridized carbons (Fsp3) is 0.500. The number of carbonyl (C=O) groups is 1. The van der Waals surface area contributed by atoms with E-state index in [9.17, 15) is 4.79 Å². The molecule has 0 spiro atoms. The summed E-state index contributed by atoms with van der Waals surface area (Å²) >= 11 is 2.53. The Morgan fingerprint density at radius 2 is 2.55 bits per heavy atom. The Kier molecular flexibility index (Phi) is 3.24. The van der Waals surface area contributed by atoms with Gasteiger partial charge in [-0.25, -0.2) is 0 Å². The minimum absolute atomic E-state index is 0.143. The zero-order valence-corrected chi connectivity index (χ0v) is 7.06. The summed E-state index contributed by atoms with van der Waals surface area (Å²) in [7, 11) is 0. The molecule has 7 heteroatoms. The Morgan fingerprint density at radius 1 is 1.73 bits per heavy atom. The smallest absolute Gasteiger partial charge is 0.304 e. The predicted molar refractivity (Wildman–Crippen MR) is 40.7 cm³/mol. The summed E-state index contributed by atoms with van der Waals surface area (Å²) in [6, 6.07) is 0. The van der Waals surface area contributed by atoms with Crippen molar-refractivity contribution in [2.75, 3.05) is 5.75 Å². The Bertz CT molecular complexity index is 225. The highest BCUT2D eigenvalue weighted by Crippen LogP contribution is 2.17. The maximum absolute atomic E-state index is 10.1. The van der Waals surface area contributed by atoms with Crippen molar-refractivity contribution in [3.05, 3.63) is 0 Å². The molecule has 0 aliphatic rings. The molecule has 0 atom stereocenters. The second-order valence-electron chi connectivity index (χ2n) is 1.62. The number of carboxylic acid groups (broad SMARTS) is 1. The third kappa shape index (κ3) is 3.28. The van der Waals surface area contributed by atoms with Gasteiger partial charge in [0.25, 0.3) is 0 Å². The number of aromatic nitrogens is 3. The zero-order chi connectivity index (χ0) is 8.10. The molecule has 1 N–H and O–H groups in total. The first kappa shape index (κ1) is 8.41. The number of thioether (sulfide) groups is 1. The molecule has 0 aliphatic carbocycles. The van der Waals surface area contributed by atoms with E-state index in [1.54, 1.807) is 0 Å². The molecular weight excluding hydrogens is 186 g/mol. The van der Waals surface area contributed by atoms with Crippen LogP contribution in [0.15, 0.2) is 4.34 Å². The van der Waals surface area contributed by atoms with Gasteiger partial charge in [0.05, 0.1) is 6.42 Å². The van der Waals surface area contributed by atoms with Gasteiger partial charge in [0, 0.05) is 17.3 Å². The first-order chi connectivity index (χ1) is 5.29. The normalized spacial score (nSPS) is 9.82. The molecule has 11 heavy (non-hydrogen) atoms. The van der Waals surface area contributed by atoms with E-state index in [-0.39, 0.29) is 6.42 Å². The molecule has 0 saturated carbocycles. The summed E-state index contributed by atoms with van der Waals surface area (Å²) in [4.78, 5) is 10.1. The topological polar surface area (TPSA) is 76.0 Å². The second-order valence-corrected chi connectivity index (χ2v) is 3.70. The molecule has 0 amide bonds. The average molecular weight is 191 g/mol. The Hall–Kier alpha value is -0.690. The molecule has 1 heterocycles. The van der Waals surface area contributed by atoms with E-state index in [0.717, 1.165) is 0 Å². The minimum Gasteiger partial charge on any atom is -0.481 e. The van der Waals surface area contributed by atoms with Crippen LogP contribution in [-0.4, -0.2) is 31.6 Å². The van der Waals surface area contributed by atoms with Crippen LogP contribution in [0.3, 0.4) is 0 Å². The molecule has 0 aliphatic heterocycles. The van der Waals surface area contributed by atoms with Gasteiger partial charge < -0.3 is 5.11 Å². The van der Waals surface area contributed by atoms with Gasteiger partial charge in [-0.15, -0.1) is 5.10 Å². The standard InChI is InChI=1S/C4H5N3O2S2/c8-3(9)1-2-10-4-5-6-7-11-4/h1-2H2,(H,8,9). The van der Waals surface area contributed by atoms with Gasteiger partial charge in [-0.1, -0.05) is 16.3 Å². The maximum Gasteiger partial charge on any atom is 0.304 e. The number of carboxylic acids is 1. The van der Waals surface area contributed by atoms with Crippen molar-refractivity contribution in [3.63, 3.8) is 0 Å². The molecule has 0 aromatic carbocycles. The lowest BCUT2D eigenvalue weighted by molar-refractivity contribution is -0.136. The number of hydrogen-bond donors (Lipinski definition) is 1. The highest BCUT2D eigenvalue weighted by molar-refractivity contribution is 8.00. The first-order valence-corrected chi connectivity index (χ1v) is 4.54. The summed E-state index contributed by atoms with van der Waals surface area (Å²) in [5.41, 5.74) is 0. The van der Waals surface area contributed by atoms with Crippen molar-refractivity contribution in [3.8, 4) is 0 Å². The van der Waals surface area contributed by atoms with Crippen LogP contribution in [0.25, 0.3) is 0 Å². The Labute approximate surface area is 71.0 Å². The van der Waals surface area contributed by atoms with Crippen molar-refractivity contribution in [1.82, 2.24) is 14.8 Å². The number of aliphatic carboxylic acids is 1. The van der Waals surface area contributed by atoms with Crippen LogP contribution in [0.4, 0.5) is 0 Å². The molecule has 1 rings (SSSR count). The van der Waals surface area contributed by atoms with E-state index >= 15 is 0 Å². The van der Waals surface area contributed by atoms with Gasteiger partial charge in [-0.3, -0.25) is 4.79 Å². The first-order valence-electron chi connectivity index (χ1n) is 2.78. The molecule has 1 aromatic heterocycles. The summed E-state index contributed by atoms with van der Waals surface area (Å²) < 4.78 is 4.25. The van der Waals surface area contributed by atoms with E-state index in [4.69, 9.17) is 5.11 Å². The van der Waals surface area contributed by atoms with Gasteiger partial charge in [0.15, 0.2) is 4.34 Å². The third-order valence-corrected chi connectivity index (χ3v) is 2.53. The number of nitrogens with zero attached hydrogens (tertiary/aromatic N) is 3. The van der Waals surface area contributed by atoms with Crippen LogP contribution in [0.1, 0.15) is 6.42 Å². The lowest BCUT2D eigenvalue weighted by Gasteiger charge is -1.89. The molecule has 0 bridgehead atoms. The number of rotatable bonds is 4. The molecular formula is C4H5N3O2S2. The van der Waals surface area contributed by atoms with Crippen molar-refractivity contribution in [1.29, 1.82) is 0 Å². The largest absolute Gasteiger partial charge is 0.481 e. The van der Waals surface area contributed by atoms with E-state index in [1.807, 2.05) is 0 Å². The monoisotopic (exact) mass is 191 g/mol. The van der Waals surface area contributed by atoms with Gasteiger partial charge >= 0.3 is 5.97 Å². The van der Waals surface area contributed by atoms with E-state index in [2.05, 4.69) is 14.8 Å². The van der Waals surface area contributed by atoms with Crippen molar-refractivity contribution in [2.45, 2.75) is 10.8 Å². The fourth-order valence-electron chi connectivity index (χ4n) is 0.407. The van der Waals surface area contributed by atoms with Gasteiger partial charge in [-0.05, 0) is 5.21 Å². The highest BCUT2D eigenvalue weighted by atomic mass is 32.2. The summed E-state index contributed by atoms with van der Waals surface area (Å²) in [6.07, 6.45) is 0.143. The molecule has 60 valence electrons. The lowest BCUT2D eigenvalue weighted by atomic mass is 10.5. The van der Waals surface area contributed by atoms with Crippen LogP contribution < -0.4 is 0 Å². The van der Waals surface area contributed by atoms with E-state index in [0.29, 0.717) is 10.1 Å². The van der Waals surface area contributed by atoms with Crippen LogP contribution >= 0.6 is 23.3 Å². The summed E-state index contributed by atoms with van der Waals surface area (Å²) in [6.45, 7) is 0. The van der Waals surface area contributed by atoms with Crippen LogP contribution in [-0.2, 0) is 4.79 Å². The van der Waals surface area contributed by atoms with Crippen molar-refractivity contribution >= 4 is 29.3 Å². The Morgan fingerprint density at radius 3 is 3.09 bits per heavy atom. The molecule has 5 nitrogen and oxygen atoms in total. The van der Waals surface area contributed by atoms with Crippen LogP contribution in [0.5, 0.6) is 0 Å². The summed E-state index contributed by atoms with van der Waals surface area (Å²) in [5, 5.41) is 15.3. The predicted octanol–water partition coefficient (Wildman–Crippen LogP) is 0.500. The van der Waals surface area contributed by atoms with Crippen LogP contribution in [0, 0.1) is 0 Å². The van der Waals surface area contributed by atoms with E-state index in [1.165, 1.54) is 23.3 Å². The van der Waals surface area contributed by atoms with E-state index < -0.39 is 5.97 Å². The molecule has 0 radical (unpaired) electrons. The van der Waals surface area contributed by atoms with Crippen molar-refractivity contribution < 1.29 is 9.90 Å². The van der Waals surface area contributed by atoms with Gasteiger partial charge in [0.1, 0.15) is 0 Å². The average Bonchev–Trinajstić information content (AvgIpc) is 2.39. The van der Waals surface area contributed by atoms with Gasteiger partial charge in [0.2, 0.25) is 0 Å². The van der Waals surface area contributed by atoms with Crippen molar-refractivity contribution in [2.24, 2.45) is 0 Å². The third-order valence-electron chi connectivity index (χ3n) is 0.823.